The number of esters is 1. The summed E-state index contributed by atoms with van der Waals surface area (Å²) in [6.07, 6.45) is 3.26. The predicted molar refractivity (Wildman–Crippen MR) is 101 cm³/mol. The maximum atomic E-state index is 12.4. The minimum absolute atomic E-state index is 0.0863. The second-order valence-electron chi connectivity index (χ2n) is 5.64. The van der Waals surface area contributed by atoms with Crippen molar-refractivity contribution in [2.24, 2.45) is 0 Å². The van der Waals surface area contributed by atoms with E-state index in [1.54, 1.807) is 49.6 Å². The SMILES string of the molecule is CCCCOC(=O)C(=Cc1cccc(OC)c1)NC(=O)c1ccccc1. The molecule has 1 N–H and O–H groups in total. The largest absolute Gasteiger partial charge is 0.497 e. The molecular weight excluding hydrogens is 330 g/mol. The number of hydrogen-bond donors (Lipinski definition) is 1. The quantitative estimate of drug-likeness (QED) is 0.445. The Morgan fingerprint density at radius 2 is 1.85 bits per heavy atom. The van der Waals surface area contributed by atoms with E-state index in [-0.39, 0.29) is 11.6 Å². The number of benzene rings is 2. The highest BCUT2D eigenvalue weighted by atomic mass is 16.5. The van der Waals surface area contributed by atoms with Gasteiger partial charge in [0.05, 0.1) is 13.7 Å². The van der Waals surface area contributed by atoms with Gasteiger partial charge in [0.1, 0.15) is 11.4 Å². The lowest BCUT2D eigenvalue weighted by Crippen LogP contribution is -2.28. The van der Waals surface area contributed by atoms with Crippen LogP contribution in [0.5, 0.6) is 5.75 Å². The van der Waals surface area contributed by atoms with E-state index in [0.717, 1.165) is 18.4 Å². The van der Waals surface area contributed by atoms with Crippen LogP contribution in [-0.2, 0) is 9.53 Å². The lowest BCUT2D eigenvalue weighted by atomic mass is 10.1. The molecule has 26 heavy (non-hydrogen) atoms. The first-order chi connectivity index (χ1) is 12.6. The Kier molecular flexibility index (Phi) is 7.43. The molecule has 0 bridgehead atoms. The number of amides is 1. The molecule has 0 spiro atoms. The zero-order valence-corrected chi connectivity index (χ0v) is 15.0. The number of methoxy groups -OCH3 is 1. The third kappa shape index (κ3) is 5.77. The molecule has 0 aromatic heterocycles. The summed E-state index contributed by atoms with van der Waals surface area (Å²) in [5.41, 5.74) is 1.27. The smallest absolute Gasteiger partial charge is 0.354 e. The highest BCUT2D eigenvalue weighted by Gasteiger charge is 2.16. The number of hydrogen-bond acceptors (Lipinski definition) is 4. The second-order valence-corrected chi connectivity index (χ2v) is 5.64. The van der Waals surface area contributed by atoms with Gasteiger partial charge >= 0.3 is 5.97 Å². The maximum absolute atomic E-state index is 12.4. The van der Waals surface area contributed by atoms with E-state index in [4.69, 9.17) is 9.47 Å². The molecule has 2 aromatic carbocycles. The summed E-state index contributed by atoms with van der Waals surface area (Å²) < 4.78 is 10.5. The summed E-state index contributed by atoms with van der Waals surface area (Å²) in [5.74, 6) is -0.274. The Bertz CT molecular complexity index is 769. The molecule has 0 aliphatic carbocycles. The second kappa shape index (κ2) is 10.0. The van der Waals surface area contributed by atoms with Crippen LogP contribution in [0, 0.1) is 0 Å². The predicted octanol–water partition coefficient (Wildman–Crippen LogP) is 3.81. The lowest BCUT2D eigenvalue weighted by molar-refractivity contribution is -0.139. The molecule has 5 nitrogen and oxygen atoms in total. The lowest BCUT2D eigenvalue weighted by Gasteiger charge is -2.11. The first kappa shape index (κ1) is 19.2. The van der Waals surface area contributed by atoms with Crippen LogP contribution in [0.25, 0.3) is 6.08 Å². The molecule has 0 heterocycles. The average Bonchev–Trinajstić information content (AvgIpc) is 2.68. The number of carbonyl (C=O) groups is 2. The molecule has 0 aliphatic rings. The average molecular weight is 353 g/mol. The van der Waals surface area contributed by atoms with Crippen LogP contribution in [0.3, 0.4) is 0 Å². The minimum Gasteiger partial charge on any atom is -0.497 e. The molecule has 136 valence electrons. The monoisotopic (exact) mass is 353 g/mol. The van der Waals surface area contributed by atoms with E-state index in [2.05, 4.69) is 5.32 Å². The van der Waals surface area contributed by atoms with Crippen molar-refractivity contribution in [2.45, 2.75) is 19.8 Å². The van der Waals surface area contributed by atoms with Gasteiger partial charge in [-0.15, -0.1) is 0 Å². The molecule has 0 saturated heterocycles. The van der Waals surface area contributed by atoms with Gasteiger partial charge in [0.15, 0.2) is 0 Å². The minimum atomic E-state index is -0.564. The highest BCUT2D eigenvalue weighted by Crippen LogP contribution is 2.15. The molecule has 5 heteroatoms. The summed E-state index contributed by atoms with van der Waals surface area (Å²) in [5, 5.41) is 2.65. The first-order valence-corrected chi connectivity index (χ1v) is 8.53. The van der Waals surface area contributed by atoms with E-state index in [1.807, 2.05) is 25.1 Å². The molecule has 0 atom stereocenters. The van der Waals surface area contributed by atoms with Crippen LogP contribution in [0.2, 0.25) is 0 Å². The van der Waals surface area contributed by atoms with E-state index in [9.17, 15) is 9.59 Å². The number of carbonyl (C=O) groups excluding carboxylic acids is 2. The van der Waals surface area contributed by atoms with Crippen molar-refractivity contribution in [3.8, 4) is 5.75 Å². The molecule has 2 rings (SSSR count). The van der Waals surface area contributed by atoms with Crippen molar-refractivity contribution in [1.82, 2.24) is 5.32 Å². The fourth-order valence-electron chi connectivity index (χ4n) is 2.21. The topological polar surface area (TPSA) is 64.6 Å². The van der Waals surface area contributed by atoms with Crippen LogP contribution in [0.15, 0.2) is 60.3 Å². The van der Waals surface area contributed by atoms with Crippen LogP contribution in [0.1, 0.15) is 35.7 Å². The van der Waals surface area contributed by atoms with E-state index in [1.165, 1.54) is 0 Å². The summed E-state index contributed by atoms with van der Waals surface area (Å²) >= 11 is 0. The number of unbranched alkanes of at least 4 members (excludes halogenated alkanes) is 1. The van der Waals surface area contributed by atoms with Gasteiger partial charge in [-0.1, -0.05) is 43.7 Å². The highest BCUT2D eigenvalue weighted by molar-refractivity contribution is 6.03. The van der Waals surface area contributed by atoms with E-state index in [0.29, 0.717) is 17.9 Å². The van der Waals surface area contributed by atoms with Gasteiger partial charge in [0, 0.05) is 5.56 Å². The van der Waals surface area contributed by atoms with Crippen molar-refractivity contribution in [2.75, 3.05) is 13.7 Å². The van der Waals surface area contributed by atoms with Crippen molar-refractivity contribution < 1.29 is 19.1 Å². The number of rotatable bonds is 8. The Morgan fingerprint density at radius 3 is 2.54 bits per heavy atom. The third-order valence-electron chi connectivity index (χ3n) is 3.64. The van der Waals surface area contributed by atoms with Crippen LogP contribution >= 0.6 is 0 Å². The third-order valence-corrected chi connectivity index (χ3v) is 3.64. The van der Waals surface area contributed by atoms with Gasteiger partial charge in [-0.2, -0.15) is 0 Å². The van der Waals surface area contributed by atoms with Gasteiger partial charge in [0.25, 0.3) is 5.91 Å². The van der Waals surface area contributed by atoms with E-state index >= 15 is 0 Å². The fraction of sp³-hybridized carbons (Fsp3) is 0.238. The van der Waals surface area contributed by atoms with Gasteiger partial charge in [-0.3, -0.25) is 4.79 Å². The van der Waals surface area contributed by atoms with Crippen molar-refractivity contribution in [1.29, 1.82) is 0 Å². The molecule has 0 saturated carbocycles. The van der Waals surface area contributed by atoms with E-state index < -0.39 is 5.97 Å². The fourth-order valence-corrected chi connectivity index (χ4v) is 2.21. The molecule has 0 unspecified atom stereocenters. The van der Waals surface area contributed by atoms with Crippen molar-refractivity contribution in [3.05, 3.63) is 71.4 Å². The Labute approximate surface area is 153 Å². The zero-order chi connectivity index (χ0) is 18.8. The van der Waals surface area contributed by atoms with Gasteiger partial charge in [0.2, 0.25) is 0 Å². The van der Waals surface area contributed by atoms with Crippen LogP contribution < -0.4 is 10.1 Å². The number of nitrogens with one attached hydrogen (secondary N) is 1. The Hall–Kier alpha value is -3.08. The molecule has 2 aromatic rings. The summed E-state index contributed by atoms with van der Waals surface area (Å²) in [6, 6.07) is 15.9. The molecular formula is C21H23NO4. The first-order valence-electron chi connectivity index (χ1n) is 8.53. The molecule has 0 fully saturated rings. The van der Waals surface area contributed by atoms with Crippen LogP contribution in [0.4, 0.5) is 0 Å². The van der Waals surface area contributed by atoms with Gasteiger partial charge < -0.3 is 14.8 Å². The Morgan fingerprint density at radius 1 is 1.08 bits per heavy atom. The maximum Gasteiger partial charge on any atom is 0.354 e. The Balaban J connectivity index is 2.24. The zero-order valence-electron chi connectivity index (χ0n) is 15.0. The summed E-state index contributed by atoms with van der Waals surface area (Å²) in [6.45, 7) is 2.32. The summed E-state index contributed by atoms with van der Waals surface area (Å²) in [4.78, 5) is 24.8. The molecule has 1 amide bonds. The van der Waals surface area contributed by atoms with Crippen LogP contribution in [-0.4, -0.2) is 25.6 Å². The molecule has 0 radical (unpaired) electrons. The standard InChI is InChI=1S/C21H23NO4/c1-3-4-13-26-21(24)19(15-16-9-8-12-18(14-16)25-2)22-20(23)17-10-6-5-7-11-17/h5-12,14-15H,3-4,13H2,1-2H3,(H,22,23). The van der Waals surface area contributed by atoms with Gasteiger partial charge in [-0.25, -0.2) is 4.79 Å². The molecule has 0 aliphatic heterocycles. The number of ether oxygens (including phenoxy) is 2. The summed E-state index contributed by atoms with van der Waals surface area (Å²) in [7, 11) is 1.57. The normalized spacial score (nSPS) is 10.9. The van der Waals surface area contributed by atoms with Crippen molar-refractivity contribution in [3.63, 3.8) is 0 Å². The van der Waals surface area contributed by atoms with Crippen molar-refractivity contribution >= 4 is 18.0 Å². The van der Waals surface area contributed by atoms with Gasteiger partial charge in [-0.05, 0) is 42.3 Å².